The molecule has 0 N–H and O–H groups in total. The predicted octanol–water partition coefficient (Wildman–Crippen LogP) is 3.13. The van der Waals surface area contributed by atoms with Crippen LogP contribution >= 0.6 is 23.2 Å². The normalized spacial score (nSPS) is 18.0. The molecule has 1 saturated heterocycles. The van der Waals surface area contributed by atoms with Gasteiger partial charge in [0, 0.05) is 37.7 Å². The van der Waals surface area contributed by atoms with Crippen molar-refractivity contribution in [3.8, 4) is 0 Å². The van der Waals surface area contributed by atoms with E-state index in [1.54, 1.807) is 19.2 Å². The lowest BCUT2D eigenvalue weighted by Gasteiger charge is -2.30. The van der Waals surface area contributed by atoms with E-state index in [0.717, 1.165) is 12.8 Å². The SMILES string of the molecule is COCC1CCN(S(=O)(=O)c2ccc(Cl)c(CCl)c2)CC1. The quantitative estimate of drug-likeness (QED) is 0.765. The number of piperidine rings is 1. The first-order chi connectivity index (χ1) is 9.98. The van der Waals surface area contributed by atoms with Crippen LogP contribution in [0, 0.1) is 5.92 Å². The average molecular weight is 352 g/mol. The largest absolute Gasteiger partial charge is 0.384 e. The Morgan fingerprint density at radius 3 is 2.57 bits per heavy atom. The maximum Gasteiger partial charge on any atom is 0.243 e. The van der Waals surface area contributed by atoms with Gasteiger partial charge < -0.3 is 4.74 Å². The summed E-state index contributed by atoms with van der Waals surface area (Å²) < 4.78 is 31.9. The van der Waals surface area contributed by atoms with Crippen molar-refractivity contribution in [2.75, 3.05) is 26.8 Å². The van der Waals surface area contributed by atoms with Crippen LogP contribution in [0.1, 0.15) is 18.4 Å². The van der Waals surface area contributed by atoms with Crippen molar-refractivity contribution in [1.29, 1.82) is 0 Å². The number of sulfonamides is 1. The lowest BCUT2D eigenvalue weighted by atomic mass is 9.99. The first kappa shape index (κ1) is 17.0. The molecule has 0 radical (unpaired) electrons. The fraction of sp³-hybridized carbons (Fsp3) is 0.571. The highest BCUT2D eigenvalue weighted by Crippen LogP contribution is 2.27. The molecular formula is C14H19Cl2NO3S. The average Bonchev–Trinajstić information content (AvgIpc) is 2.48. The second-order valence-corrected chi connectivity index (χ2v) is 7.80. The minimum Gasteiger partial charge on any atom is -0.384 e. The molecule has 0 unspecified atom stereocenters. The van der Waals surface area contributed by atoms with E-state index in [2.05, 4.69) is 0 Å². The van der Waals surface area contributed by atoms with Crippen molar-refractivity contribution in [3.63, 3.8) is 0 Å². The predicted molar refractivity (Wildman–Crippen MR) is 84.4 cm³/mol. The van der Waals surface area contributed by atoms with Gasteiger partial charge in [0.2, 0.25) is 10.0 Å². The third-order valence-corrected chi connectivity index (χ3v) is 6.33. The van der Waals surface area contributed by atoms with Gasteiger partial charge in [0.1, 0.15) is 0 Å². The van der Waals surface area contributed by atoms with Crippen molar-refractivity contribution in [2.24, 2.45) is 5.92 Å². The number of alkyl halides is 1. The zero-order chi connectivity index (χ0) is 15.5. The summed E-state index contributed by atoms with van der Waals surface area (Å²) in [5.41, 5.74) is 0.633. The molecule has 21 heavy (non-hydrogen) atoms. The molecular weight excluding hydrogens is 333 g/mol. The highest BCUT2D eigenvalue weighted by molar-refractivity contribution is 7.89. The molecule has 0 bridgehead atoms. The summed E-state index contributed by atoms with van der Waals surface area (Å²) in [5.74, 6) is 0.628. The molecule has 1 aromatic rings. The van der Waals surface area contributed by atoms with E-state index < -0.39 is 10.0 Å². The third-order valence-electron chi connectivity index (χ3n) is 3.77. The number of nitrogens with zero attached hydrogens (tertiary/aromatic N) is 1. The molecule has 7 heteroatoms. The number of benzene rings is 1. The van der Waals surface area contributed by atoms with E-state index in [4.69, 9.17) is 27.9 Å². The molecule has 0 aromatic heterocycles. The zero-order valence-corrected chi connectivity index (χ0v) is 14.2. The molecule has 118 valence electrons. The summed E-state index contributed by atoms with van der Waals surface area (Å²) in [7, 11) is -1.80. The Balaban J connectivity index is 2.15. The smallest absolute Gasteiger partial charge is 0.243 e. The fourth-order valence-electron chi connectivity index (χ4n) is 2.52. The summed E-state index contributed by atoms with van der Waals surface area (Å²) in [5, 5.41) is 0.489. The molecule has 1 aliphatic rings. The maximum atomic E-state index is 12.6. The van der Waals surface area contributed by atoms with Crippen LogP contribution in [0.3, 0.4) is 0 Å². The Kier molecular flexibility index (Phi) is 5.91. The Morgan fingerprint density at radius 1 is 1.33 bits per heavy atom. The van der Waals surface area contributed by atoms with E-state index in [1.807, 2.05) is 0 Å². The van der Waals surface area contributed by atoms with Crippen LogP contribution in [0.4, 0.5) is 0 Å². The van der Waals surface area contributed by atoms with Gasteiger partial charge in [0.05, 0.1) is 4.90 Å². The molecule has 2 rings (SSSR count). The van der Waals surface area contributed by atoms with E-state index in [9.17, 15) is 8.42 Å². The van der Waals surface area contributed by atoms with Gasteiger partial charge in [0.25, 0.3) is 0 Å². The monoisotopic (exact) mass is 351 g/mol. The molecule has 1 fully saturated rings. The van der Waals surface area contributed by atoms with Crippen molar-refractivity contribution in [1.82, 2.24) is 4.31 Å². The summed E-state index contributed by atoms with van der Waals surface area (Å²) in [4.78, 5) is 0.257. The van der Waals surface area contributed by atoms with Gasteiger partial charge in [-0.1, -0.05) is 11.6 Å². The third kappa shape index (κ3) is 3.90. The Labute approximate surface area is 136 Å². The maximum absolute atomic E-state index is 12.6. The lowest BCUT2D eigenvalue weighted by Crippen LogP contribution is -2.39. The van der Waals surface area contributed by atoms with Crippen LogP contribution in [0.25, 0.3) is 0 Å². The van der Waals surface area contributed by atoms with E-state index >= 15 is 0 Å². The van der Waals surface area contributed by atoms with Crippen LogP contribution in [-0.4, -0.2) is 39.5 Å². The summed E-state index contributed by atoms with van der Waals surface area (Å²) in [6.07, 6.45) is 1.64. The van der Waals surface area contributed by atoms with E-state index in [0.29, 0.717) is 36.2 Å². The van der Waals surface area contributed by atoms with Crippen molar-refractivity contribution in [2.45, 2.75) is 23.6 Å². The molecule has 1 aliphatic heterocycles. The second kappa shape index (κ2) is 7.29. The first-order valence-corrected chi connectivity index (χ1v) is 9.17. The molecule has 1 heterocycles. The van der Waals surface area contributed by atoms with Crippen LogP contribution in [-0.2, 0) is 20.6 Å². The number of ether oxygens (including phenoxy) is 1. The van der Waals surface area contributed by atoms with Crippen LogP contribution in [0.15, 0.2) is 23.1 Å². The zero-order valence-electron chi connectivity index (χ0n) is 11.9. The minimum absolute atomic E-state index is 0.193. The summed E-state index contributed by atoms with van der Waals surface area (Å²) in [6, 6.07) is 4.69. The van der Waals surface area contributed by atoms with Gasteiger partial charge in [-0.3, -0.25) is 0 Å². The molecule has 0 amide bonds. The lowest BCUT2D eigenvalue weighted by molar-refractivity contribution is 0.121. The van der Waals surface area contributed by atoms with Crippen LogP contribution in [0.5, 0.6) is 0 Å². The molecule has 0 saturated carbocycles. The number of rotatable bonds is 5. The minimum atomic E-state index is -3.47. The van der Waals surface area contributed by atoms with Gasteiger partial charge >= 0.3 is 0 Å². The second-order valence-electron chi connectivity index (χ2n) is 5.19. The molecule has 0 aliphatic carbocycles. The van der Waals surface area contributed by atoms with Gasteiger partial charge in [0.15, 0.2) is 0 Å². The number of hydrogen-bond donors (Lipinski definition) is 0. The molecule has 4 nitrogen and oxygen atoms in total. The first-order valence-electron chi connectivity index (χ1n) is 6.82. The Hall–Kier alpha value is -0.330. The molecule has 0 spiro atoms. The molecule has 1 aromatic carbocycles. The van der Waals surface area contributed by atoms with E-state index in [1.165, 1.54) is 10.4 Å². The van der Waals surface area contributed by atoms with Gasteiger partial charge in [-0.25, -0.2) is 8.42 Å². The standard InChI is InChI=1S/C14H19Cl2NO3S/c1-20-10-11-4-6-17(7-5-11)21(18,19)13-2-3-14(16)12(8-13)9-15/h2-3,8,11H,4-7,9-10H2,1H3. The van der Waals surface area contributed by atoms with Crippen molar-refractivity contribution >= 4 is 33.2 Å². The van der Waals surface area contributed by atoms with Gasteiger partial charge in [-0.05, 0) is 42.5 Å². The van der Waals surface area contributed by atoms with E-state index in [-0.39, 0.29) is 10.8 Å². The number of methoxy groups -OCH3 is 1. The topological polar surface area (TPSA) is 46.6 Å². The van der Waals surface area contributed by atoms with Crippen LogP contribution in [0.2, 0.25) is 5.02 Å². The van der Waals surface area contributed by atoms with Crippen molar-refractivity contribution in [3.05, 3.63) is 28.8 Å². The highest BCUT2D eigenvalue weighted by atomic mass is 35.5. The van der Waals surface area contributed by atoms with Gasteiger partial charge in [-0.15, -0.1) is 11.6 Å². The Morgan fingerprint density at radius 2 is 2.00 bits per heavy atom. The summed E-state index contributed by atoms with van der Waals surface area (Å²) >= 11 is 11.8. The van der Waals surface area contributed by atoms with Gasteiger partial charge in [-0.2, -0.15) is 4.31 Å². The fourth-order valence-corrected chi connectivity index (χ4v) is 4.51. The number of halogens is 2. The number of hydrogen-bond acceptors (Lipinski definition) is 3. The highest BCUT2D eigenvalue weighted by Gasteiger charge is 2.29. The molecule has 0 atom stereocenters. The van der Waals surface area contributed by atoms with Crippen molar-refractivity contribution < 1.29 is 13.2 Å². The summed E-state index contributed by atoms with van der Waals surface area (Å²) in [6.45, 7) is 1.73. The Bertz CT molecular complexity index is 584. The van der Waals surface area contributed by atoms with Crippen LogP contribution < -0.4 is 0 Å².